The summed E-state index contributed by atoms with van der Waals surface area (Å²) in [6.45, 7) is 4.23. The minimum atomic E-state index is -0.522. The molecule has 2 saturated heterocycles. The molecule has 2 aromatic heterocycles. The highest BCUT2D eigenvalue weighted by molar-refractivity contribution is 5.98. The lowest BCUT2D eigenvalue weighted by Crippen LogP contribution is -2.66. The smallest absolute Gasteiger partial charge is 0.256 e. The van der Waals surface area contributed by atoms with Gasteiger partial charge in [0.05, 0.1) is 24.0 Å². The van der Waals surface area contributed by atoms with Gasteiger partial charge in [0.2, 0.25) is 0 Å². The summed E-state index contributed by atoms with van der Waals surface area (Å²) in [5, 5.41) is 8.01. The Kier molecular flexibility index (Phi) is 4.22. The third-order valence-corrected chi connectivity index (χ3v) is 5.76. The third kappa shape index (κ3) is 3.02. The molecule has 0 unspecified atom stereocenters. The van der Waals surface area contributed by atoms with Crippen molar-refractivity contribution in [2.45, 2.75) is 19.4 Å². The molecule has 1 amide bonds. The molecule has 2 fully saturated rings. The fourth-order valence-corrected chi connectivity index (χ4v) is 4.23. The molecule has 0 spiro atoms. The number of fused-ring (bicyclic) bond motifs is 1. The summed E-state index contributed by atoms with van der Waals surface area (Å²) in [5.74, 6) is 0.616. The first-order valence-corrected chi connectivity index (χ1v) is 9.61. The van der Waals surface area contributed by atoms with E-state index in [4.69, 9.17) is 0 Å². The normalized spacial score (nSPS) is 20.9. The fraction of sp³-hybridized carbons (Fsp3) is 0.350. The number of hydrogen-bond donors (Lipinski definition) is 0. The number of amides is 1. The van der Waals surface area contributed by atoms with Crippen LogP contribution in [0.5, 0.6) is 0 Å². The first-order chi connectivity index (χ1) is 14.1. The maximum Gasteiger partial charge on any atom is 0.256 e. The average Bonchev–Trinajstić information content (AvgIpc) is 3.23. The van der Waals surface area contributed by atoms with E-state index in [1.54, 1.807) is 18.5 Å². The van der Waals surface area contributed by atoms with Crippen LogP contribution in [0.2, 0.25) is 0 Å². The van der Waals surface area contributed by atoms with E-state index in [1.807, 2.05) is 17.9 Å². The molecule has 0 N–H and O–H groups in total. The van der Waals surface area contributed by atoms with Gasteiger partial charge in [0, 0.05) is 37.3 Å². The molecule has 9 heteroatoms. The summed E-state index contributed by atoms with van der Waals surface area (Å²) >= 11 is 0. The van der Waals surface area contributed by atoms with Gasteiger partial charge in [0.1, 0.15) is 17.8 Å². The topological polar surface area (TPSA) is 80.0 Å². The van der Waals surface area contributed by atoms with Crippen molar-refractivity contribution in [3.05, 3.63) is 60.1 Å². The summed E-state index contributed by atoms with van der Waals surface area (Å²) in [6.07, 6.45) is 5.48. The van der Waals surface area contributed by atoms with Crippen LogP contribution in [0.4, 0.5) is 10.2 Å². The van der Waals surface area contributed by atoms with E-state index in [0.29, 0.717) is 19.0 Å². The molecule has 8 nitrogen and oxygen atoms in total. The SMILES string of the molecule is Cc1cc(N2CC[C@@H]3CN(C(=O)c4cccc(F)c4-n4nccn4)[C@@H]3C2)ncn1. The molecular formula is C20H20FN7O. The third-order valence-electron chi connectivity index (χ3n) is 5.76. The largest absolute Gasteiger partial charge is 0.354 e. The van der Waals surface area contributed by atoms with Crippen molar-refractivity contribution in [3.63, 3.8) is 0 Å². The van der Waals surface area contributed by atoms with Crippen LogP contribution in [0.3, 0.4) is 0 Å². The zero-order chi connectivity index (χ0) is 20.0. The second kappa shape index (κ2) is 6.91. The maximum atomic E-state index is 14.5. The van der Waals surface area contributed by atoms with E-state index in [0.717, 1.165) is 29.3 Å². The van der Waals surface area contributed by atoms with Crippen molar-refractivity contribution in [1.82, 2.24) is 29.9 Å². The number of nitrogens with zero attached hydrogens (tertiary/aromatic N) is 7. The molecular weight excluding hydrogens is 373 g/mol. The molecule has 1 aromatic carbocycles. The lowest BCUT2D eigenvalue weighted by molar-refractivity contribution is 0.00774. The number of hydrogen-bond acceptors (Lipinski definition) is 6. The van der Waals surface area contributed by atoms with E-state index >= 15 is 0 Å². The molecule has 2 aliphatic rings. The summed E-state index contributed by atoms with van der Waals surface area (Å²) in [6, 6.07) is 6.52. The van der Waals surface area contributed by atoms with Crippen LogP contribution in [0, 0.1) is 18.7 Å². The van der Waals surface area contributed by atoms with Crippen LogP contribution in [-0.4, -0.2) is 61.4 Å². The minimum Gasteiger partial charge on any atom is -0.354 e. The second-order valence-electron chi connectivity index (χ2n) is 7.49. The predicted molar refractivity (Wildman–Crippen MR) is 103 cm³/mol. The van der Waals surface area contributed by atoms with E-state index in [9.17, 15) is 9.18 Å². The number of anilines is 1. The highest BCUT2D eigenvalue weighted by Gasteiger charge is 2.46. The Hall–Kier alpha value is -3.36. The molecule has 5 rings (SSSR count). The van der Waals surface area contributed by atoms with Gasteiger partial charge in [-0.2, -0.15) is 10.2 Å². The maximum absolute atomic E-state index is 14.5. The fourth-order valence-electron chi connectivity index (χ4n) is 4.23. The number of halogens is 1. The summed E-state index contributed by atoms with van der Waals surface area (Å²) in [7, 11) is 0. The summed E-state index contributed by atoms with van der Waals surface area (Å²) < 4.78 is 14.5. The number of benzene rings is 1. The lowest BCUT2D eigenvalue weighted by Gasteiger charge is -2.53. The van der Waals surface area contributed by atoms with Crippen molar-refractivity contribution in [1.29, 1.82) is 0 Å². The molecule has 2 aliphatic heterocycles. The predicted octanol–water partition coefficient (Wildman–Crippen LogP) is 1.86. The van der Waals surface area contributed by atoms with Gasteiger partial charge < -0.3 is 9.80 Å². The van der Waals surface area contributed by atoms with E-state index in [-0.39, 0.29) is 23.2 Å². The Morgan fingerprint density at radius 2 is 2.00 bits per heavy atom. The van der Waals surface area contributed by atoms with Gasteiger partial charge >= 0.3 is 0 Å². The van der Waals surface area contributed by atoms with E-state index < -0.39 is 5.82 Å². The van der Waals surface area contributed by atoms with Crippen molar-refractivity contribution in [2.75, 3.05) is 24.5 Å². The number of carbonyl (C=O) groups is 1. The molecule has 4 heterocycles. The molecule has 0 saturated carbocycles. The summed E-state index contributed by atoms with van der Waals surface area (Å²) in [5.41, 5.74) is 1.27. The van der Waals surface area contributed by atoms with Gasteiger partial charge in [-0.1, -0.05) is 6.07 Å². The number of piperidine rings is 1. The number of para-hydroxylation sites is 1. The highest BCUT2D eigenvalue weighted by atomic mass is 19.1. The Morgan fingerprint density at radius 3 is 2.79 bits per heavy atom. The first kappa shape index (κ1) is 17.7. The zero-order valence-electron chi connectivity index (χ0n) is 15.9. The average molecular weight is 393 g/mol. The number of aryl methyl sites for hydroxylation is 1. The van der Waals surface area contributed by atoms with Crippen LogP contribution in [0.1, 0.15) is 22.5 Å². The van der Waals surface area contributed by atoms with Crippen LogP contribution >= 0.6 is 0 Å². The monoisotopic (exact) mass is 393 g/mol. The lowest BCUT2D eigenvalue weighted by atomic mass is 9.81. The van der Waals surface area contributed by atoms with Crippen molar-refractivity contribution in [2.24, 2.45) is 5.92 Å². The van der Waals surface area contributed by atoms with Crippen LogP contribution in [0.25, 0.3) is 5.69 Å². The molecule has 0 radical (unpaired) electrons. The van der Waals surface area contributed by atoms with Crippen LogP contribution in [0.15, 0.2) is 43.0 Å². The van der Waals surface area contributed by atoms with Gasteiger partial charge in [-0.3, -0.25) is 4.79 Å². The quantitative estimate of drug-likeness (QED) is 0.676. The van der Waals surface area contributed by atoms with Crippen molar-refractivity contribution < 1.29 is 9.18 Å². The Labute approximate surface area is 167 Å². The Morgan fingerprint density at radius 1 is 1.17 bits per heavy atom. The minimum absolute atomic E-state index is 0.0771. The summed E-state index contributed by atoms with van der Waals surface area (Å²) in [4.78, 5) is 27.0. The molecule has 3 aromatic rings. The number of rotatable bonds is 3. The van der Waals surface area contributed by atoms with Gasteiger partial charge in [0.25, 0.3) is 5.91 Å². The van der Waals surface area contributed by atoms with Gasteiger partial charge in [0.15, 0.2) is 5.82 Å². The van der Waals surface area contributed by atoms with Crippen molar-refractivity contribution >= 4 is 11.7 Å². The van der Waals surface area contributed by atoms with Gasteiger partial charge in [-0.15, -0.1) is 4.80 Å². The molecule has 0 bridgehead atoms. The second-order valence-corrected chi connectivity index (χ2v) is 7.49. The molecule has 0 aliphatic carbocycles. The standard InChI is InChI=1S/C20H20FN7O/c1-13-9-18(23-12-22-13)26-8-5-14-10-27(17(14)11-26)20(29)15-3-2-4-16(21)19(15)28-24-6-7-25-28/h2-4,6-7,9,12,14,17H,5,8,10-11H2,1H3/t14-,17-/m1/s1. The number of likely N-dealkylation sites (tertiary alicyclic amines) is 1. The Bertz CT molecular complexity index is 1050. The zero-order valence-corrected chi connectivity index (χ0v) is 15.9. The van der Waals surface area contributed by atoms with E-state index in [1.165, 1.54) is 18.5 Å². The number of carbonyl (C=O) groups excluding carboxylic acids is 1. The van der Waals surface area contributed by atoms with Gasteiger partial charge in [-0.25, -0.2) is 14.4 Å². The molecule has 2 atom stereocenters. The molecule has 148 valence electrons. The Balaban J connectivity index is 1.40. The van der Waals surface area contributed by atoms with Crippen LogP contribution in [-0.2, 0) is 0 Å². The van der Waals surface area contributed by atoms with Crippen molar-refractivity contribution in [3.8, 4) is 5.69 Å². The number of aromatic nitrogens is 5. The van der Waals surface area contributed by atoms with E-state index in [2.05, 4.69) is 25.1 Å². The first-order valence-electron chi connectivity index (χ1n) is 9.61. The molecule has 29 heavy (non-hydrogen) atoms. The van der Waals surface area contributed by atoms with Crippen LogP contribution < -0.4 is 4.90 Å². The van der Waals surface area contributed by atoms with Gasteiger partial charge in [-0.05, 0) is 25.5 Å². The highest BCUT2D eigenvalue weighted by Crippen LogP contribution is 2.35.